The number of imidazole rings is 1. The molecule has 0 aliphatic rings. The maximum atomic E-state index is 5.01. The van der Waals surface area contributed by atoms with Crippen molar-refractivity contribution in [3.05, 3.63) is 91.0 Å². The van der Waals surface area contributed by atoms with Crippen molar-refractivity contribution in [1.82, 2.24) is 19.9 Å². The molecule has 6 rings (SSSR count). The zero-order valence-corrected chi connectivity index (χ0v) is 15.1. The molecule has 27 heavy (non-hydrogen) atoms. The van der Waals surface area contributed by atoms with Gasteiger partial charge in [0.25, 0.3) is 0 Å². The van der Waals surface area contributed by atoms with Gasteiger partial charge in [0.1, 0.15) is 5.52 Å². The van der Waals surface area contributed by atoms with Crippen LogP contribution in [0.3, 0.4) is 0 Å². The second-order valence-electron chi connectivity index (χ2n) is 5.56. The monoisotopic (exact) mass is 372 g/mol. The normalized spacial score (nSPS) is 10.2. The number of para-hydroxylation sites is 5. The highest BCUT2D eigenvalue weighted by Crippen LogP contribution is 2.15. The second-order valence-corrected chi connectivity index (χ2v) is 6.45. The molecular weight excluding hydrogens is 356 g/mol. The summed E-state index contributed by atoms with van der Waals surface area (Å²) >= 11 is 1.68. The molecule has 3 aromatic heterocycles. The molecule has 3 aromatic carbocycles. The fourth-order valence-corrected chi connectivity index (χ4v) is 3.16. The lowest BCUT2D eigenvalue weighted by molar-refractivity contribution is 0.602. The van der Waals surface area contributed by atoms with E-state index < -0.39 is 0 Å². The third-order valence-electron chi connectivity index (χ3n) is 3.80. The van der Waals surface area contributed by atoms with E-state index in [9.17, 15) is 0 Å². The molecule has 0 atom stereocenters. The van der Waals surface area contributed by atoms with Crippen LogP contribution in [0.4, 0.5) is 0 Å². The summed E-state index contributed by atoms with van der Waals surface area (Å²) in [4.78, 5) is 15.2. The minimum Gasteiger partial charge on any atom is -0.443 e. The maximum Gasteiger partial charge on any atom is 0.181 e. The summed E-state index contributed by atoms with van der Waals surface area (Å²) in [6.45, 7) is 0. The summed E-state index contributed by atoms with van der Waals surface area (Å²) in [6.07, 6.45) is 3.15. The lowest BCUT2D eigenvalue weighted by atomic mass is 10.3. The number of rotatable bonds is 0. The molecule has 0 aliphatic heterocycles. The van der Waals surface area contributed by atoms with Gasteiger partial charge in [-0.25, -0.2) is 15.0 Å². The fourth-order valence-electron chi connectivity index (χ4n) is 2.49. The van der Waals surface area contributed by atoms with Crippen LogP contribution in [0, 0.1) is 0 Å². The van der Waals surface area contributed by atoms with E-state index in [2.05, 4.69) is 26.0 Å². The van der Waals surface area contributed by atoms with Gasteiger partial charge in [0, 0.05) is 0 Å². The van der Waals surface area contributed by atoms with Crippen molar-refractivity contribution in [2.45, 2.75) is 0 Å². The molecule has 5 nitrogen and oxygen atoms in total. The molecular formula is C21H16N4OS. The average molecular weight is 372 g/mol. The van der Waals surface area contributed by atoms with E-state index in [-0.39, 0.29) is 0 Å². The van der Waals surface area contributed by atoms with Crippen LogP contribution in [0.1, 0.15) is 0 Å². The summed E-state index contributed by atoms with van der Waals surface area (Å²) in [6, 6.07) is 23.7. The van der Waals surface area contributed by atoms with Crippen molar-refractivity contribution in [1.29, 1.82) is 0 Å². The number of H-pyrrole nitrogens is 1. The van der Waals surface area contributed by atoms with Gasteiger partial charge < -0.3 is 9.40 Å². The first kappa shape index (κ1) is 16.9. The van der Waals surface area contributed by atoms with Gasteiger partial charge in [-0.05, 0) is 36.4 Å². The number of aromatic nitrogens is 4. The molecule has 0 saturated carbocycles. The minimum absolute atomic E-state index is 0.845. The minimum atomic E-state index is 0.845. The van der Waals surface area contributed by atoms with Crippen LogP contribution in [0.5, 0.6) is 0 Å². The Bertz CT molecular complexity index is 1010. The van der Waals surface area contributed by atoms with Crippen molar-refractivity contribution in [2.24, 2.45) is 0 Å². The molecule has 132 valence electrons. The van der Waals surface area contributed by atoms with Gasteiger partial charge in [-0.1, -0.05) is 36.4 Å². The van der Waals surface area contributed by atoms with Crippen LogP contribution in [-0.2, 0) is 0 Å². The zero-order valence-electron chi connectivity index (χ0n) is 14.3. The van der Waals surface area contributed by atoms with Crippen LogP contribution in [0.2, 0.25) is 0 Å². The lowest BCUT2D eigenvalue weighted by Gasteiger charge is -1.81. The highest BCUT2D eigenvalue weighted by Gasteiger charge is 1.91. The number of thiazole rings is 1. The summed E-state index contributed by atoms with van der Waals surface area (Å²) in [7, 11) is 0. The Morgan fingerprint density at radius 2 is 1.44 bits per heavy atom. The van der Waals surface area contributed by atoms with E-state index in [1.54, 1.807) is 17.7 Å². The number of fused-ring (bicyclic) bond motifs is 3. The molecule has 6 heteroatoms. The van der Waals surface area contributed by atoms with Gasteiger partial charge in [-0.3, -0.25) is 0 Å². The molecule has 0 unspecified atom stereocenters. The van der Waals surface area contributed by atoms with Crippen LogP contribution >= 0.6 is 11.3 Å². The molecule has 0 amide bonds. The van der Waals surface area contributed by atoms with E-state index >= 15 is 0 Å². The Morgan fingerprint density at radius 3 is 2.26 bits per heavy atom. The van der Waals surface area contributed by atoms with Crippen molar-refractivity contribution in [2.75, 3.05) is 0 Å². The number of hydrogen-bond donors (Lipinski definition) is 1. The summed E-state index contributed by atoms with van der Waals surface area (Å²) in [5.74, 6) is 0. The number of nitrogens with one attached hydrogen (secondary N) is 1. The Labute approximate surface area is 159 Å². The van der Waals surface area contributed by atoms with E-state index in [0.717, 1.165) is 27.6 Å². The highest BCUT2D eigenvalue weighted by molar-refractivity contribution is 7.16. The second kappa shape index (κ2) is 8.25. The summed E-state index contributed by atoms with van der Waals surface area (Å²) < 4.78 is 6.27. The van der Waals surface area contributed by atoms with E-state index in [1.807, 2.05) is 72.2 Å². The van der Waals surface area contributed by atoms with Gasteiger partial charge in [0.05, 0.1) is 33.1 Å². The third kappa shape index (κ3) is 4.19. The van der Waals surface area contributed by atoms with E-state index in [1.165, 1.54) is 11.1 Å². The summed E-state index contributed by atoms with van der Waals surface area (Å²) in [5.41, 5.74) is 6.84. The zero-order chi connectivity index (χ0) is 18.3. The van der Waals surface area contributed by atoms with Crippen LogP contribution in [0.25, 0.3) is 32.3 Å². The Balaban J connectivity index is 0.0000001000. The van der Waals surface area contributed by atoms with Crippen LogP contribution in [-0.4, -0.2) is 19.9 Å². The molecule has 0 fully saturated rings. The lowest BCUT2D eigenvalue weighted by Crippen LogP contribution is -1.63. The predicted molar refractivity (Wildman–Crippen MR) is 110 cm³/mol. The first-order valence-electron chi connectivity index (χ1n) is 8.35. The van der Waals surface area contributed by atoms with Gasteiger partial charge in [-0.2, -0.15) is 0 Å². The smallest absolute Gasteiger partial charge is 0.181 e. The maximum absolute atomic E-state index is 5.01. The molecule has 0 aliphatic carbocycles. The van der Waals surface area contributed by atoms with Crippen LogP contribution < -0.4 is 0 Å². The predicted octanol–water partition coefficient (Wildman–Crippen LogP) is 5.69. The third-order valence-corrected chi connectivity index (χ3v) is 4.61. The molecule has 0 bridgehead atoms. The van der Waals surface area contributed by atoms with Crippen molar-refractivity contribution in [3.63, 3.8) is 0 Å². The van der Waals surface area contributed by atoms with Crippen molar-refractivity contribution < 1.29 is 4.42 Å². The van der Waals surface area contributed by atoms with E-state index in [0.29, 0.717) is 0 Å². The van der Waals surface area contributed by atoms with Gasteiger partial charge in [-0.15, -0.1) is 11.3 Å². The number of aromatic amines is 1. The van der Waals surface area contributed by atoms with Gasteiger partial charge in [0.15, 0.2) is 12.0 Å². The molecule has 1 N–H and O–H groups in total. The van der Waals surface area contributed by atoms with Gasteiger partial charge in [0.2, 0.25) is 0 Å². The molecule has 0 radical (unpaired) electrons. The fraction of sp³-hybridized carbons (Fsp3) is 0. The Hall–Kier alpha value is -3.51. The van der Waals surface area contributed by atoms with Crippen molar-refractivity contribution in [3.8, 4) is 0 Å². The molecule has 6 aromatic rings. The topological polar surface area (TPSA) is 67.6 Å². The number of hydrogen-bond acceptors (Lipinski definition) is 5. The quantitative estimate of drug-likeness (QED) is 0.372. The molecule has 3 heterocycles. The Morgan fingerprint density at radius 1 is 0.704 bits per heavy atom. The standard InChI is InChI=1S/C7H6N2.C7H5NO.C7H5NS/c3*1-2-4-7-6(3-1)8-5-9-7/h1-5H,(H,8,9);2*1-5H. The Kier molecular flexibility index (Phi) is 5.17. The molecule has 0 saturated heterocycles. The number of nitrogens with zero attached hydrogens (tertiary/aromatic N) is 3. The largest absolute Gasteiger partial charge is 0.443 e. The van der Waals surface area contributed by atoms with Gasteiger partial charge >= 0.3 is 0 Å². The van der Waals surface area contributed by atoms with Crippen molar-refractivity contribution >= 4 is 43.7 Å². The highest BCUT2D eigenvalue weighted by atomic mass is 32.1. The number of benzene rings is 3. The first-order valence-corrected chi connectivity index (χ1v) is 9.23. The average Bonchev–Trinajstić information content (AvgIpc) is 3.48. The van der Waals surface area contributed by atoms with Crippen LogP contribution in [0.15, 0.2) is 95.4 Å². The SMILES string of the molecule is c1ccc2[nH]cnc2c1.c1ccc2ocnc2c1.c1ccc2scnc2c1. The summed E-state index contributed by atoms with van der Waals surface area (Å²) in [5, 5.41) is 0. The number of oxazole rings is 1. The van der Waals surface area contributed by atoms with E-state index in [4.69, 9.17) is 4.42 Å². The molecule has 0 spiro atoms. The first-order chi connectivity index (χ1) is 13.4.